The molecule has 26 heavy (non-hydrogen) atoms. The molecule has 1 heterocycles. The molecule has 3 rings (SSSR count). The van der Waals surface area contributed by atoms with E-state index < -0.39 is 11.6 Å². The lowest BCUT2D eigenvalue weighted by Crippen LogP contribution is -2.14. The Morgan fingerprint density at radius 1 is 0.962 bits per heavy atom. The molecule has 7 heteroatoms. The average molecular weight is 354 g/mol. The highest BCUT2D eigenvalue weighted by atomic mass is 19.2. The number of benzene rings is 2. The van der Waals surface area contributed by atoms with Crippen LogP contribution < -0.4 is 10.6 Å². The van der Waals surface area contributed by atoms with Crippen LogP contribution in [0.2, 0.25) is 0 Å². The number of halogens is 2. The molecule has 2 N–H and O–H groups in total. The van der Waals surface area contributed by atoms with E-state index in [9.17, 15) is 13.6 Å². The number of carbonyl (C=O) groups is 1. The number of anilines is 3. The molecule has 2 aromatic carbocycles. The van der Waals surface area contributed by atoms with Gasteiger partial charge in [0, 0.05) is 17.4 Å². The second kappa shape index (κ2) is 7.69. The molecule has 132 valence electrons. The van der Waals surface area contributed by atoms with Crippen LogP contribution in [-0.4, -0.2) is 15.9 Å². The Morgan fingerprint density at radius 3 is 2.31 bits per heavy atom. The summed E-state index contributed by atoms with van der Waals surface area (Å²) in [7, 11) is 0. The quantitative estimate of drug-likeness (QED) is 0.716. The smallest absolute Gasteiger partial charge is 0.275 e. The predicted molar refractivity (Wildman–Crippen MR) is 95.4 cm³/mol. The number of rotatable bonds is 5. The van der Waals surface area contributed by atoms with Crippen LogP contribution in [0.1, 0.15) is 23.0 Å². The van der Waals surface area contributed by atoms with Gasteiger partial charge in [0.25, 0.3) is 5.91 Å². The van der Waals surface area contributed by atoms with Crippen molar-refractivity contribution in [2.75, 3.05) is 10.6 Å². The van der Waals surface area contributed by atoms with Crippen molar-refractivity contribution in [1.82, 2.24) is 9.97 Å². The van der Waals surface area contributed by atoms with Crippen LogP contribution in [0.3, 0.4) is 0 Å². The maximum absolute atomic E-state index is 13.2. The summed E-state index contributed by atoms with van der Waals surface area (Å²) < 4.78 is 26.1. The first kappa shape index (κ1) is 17.5. The Bertz CT molecular complexity index is 912. The van der Waals surface area contributed by atoms with Crippen LogP contribution in [0, 0.1) is 11.6 Å². The summed E-state index contributed by atoms with van der Waals surface area (Å²) in [6, 6.07) is 10.9. The van der Waals surface area contributed by atoms with E-state index >= 15 is 0 Å². The fraction of sp³-hybridized carbons (Fsp3) is 0.105. The Balaban J connectivity index is 1.66. The van der Waals surface area contributed by atoms with Gasteiger partial charge in [-0.1, -0.05) is 19.1 Å². The first-order chi connectivity index (χ1) is 12.5. The molecule has 0 spiro atoms. The number of nitrogens with one attached hydrogen (secondary N) is 2. The molecule has 0 atom stereocenters. The molecule has 0 aliphatic rings. The molecule has 0 saturated carbocycles. The van der Waals surface area contributed by atoms with Crippen LogP contribution in [-0.2, 0) is 6.42 Å². The summed E-state index contributed by atoms with van der Waals surface area (Å²) >= 11 is 0. The first-order valence-electron chi connectivity index (χ1n) is 7.99. The molecule has 0 aliphatic carbocycles. The van der Waals surface area contributed by atoms with Gasteiger partial charge in [0.15, 0.2) is 11.6 Å². The number of carbonyl (C=O) groups excluding carboxylic acids is 1. The SMILES string of the molecule is CCc1ccc(NC(=O)c2cnc(Nc3ccc(F)c(F)c3)cn2)cc1. The van der Waals surface area contributed by atoms with Crippen LogP contribution in [0.15, 0.2) is 54.9 Å². The third-order valence-corrected chi connectivity index (χ3v) is 3.70. The topological polar surface area (TPSA) is 66.9 Å². The Hall–Kier alpha value is -3.35. The number of nitrogens with zero attached hydrogens (tertiary/aromatic N) is 2. The molecule has 0 bridgehead atoms. The fourth-order valence-electron chi connectivity index (χ4n) is 2.25. The van der Waals surface area contributed by atoms with Crippen LogP contribution in [0.25, 0.3) is 0 Å². The van der Waals surface area contributed by atoms with Gasteiger partial charge in [0.2, 0.25) is 0 Å². The molecule has 0 unspecified atom stereocenters. The number of aromatic nitrogens is 2. The highest BCUT2D eigenvalue weighted by Gasteiger charge is 2.09. The zero-order valence-electron chi connectivity index (χ0n) is 14.0. The van der Waals surface area contributed by atoms with E-state index in [1.54, 1.807) is 0 Å². The van der Waals surface area contributed by atoms with Crippen molar-refractivity contribution in [3.05, 3.63) is 77.8 Å². The van der Waals surface area contributed by atoms with E-state index in [1.807, 2.05) is 24.3 Å². The van der Waals surface area contributed by atoms with Crippen molar-refractivity contribution in [2.45, 2.75) is 13.3 Å². The average Bonchev–Trinajstić information content (AvgIpc) is 2.66. The lowest BCUT2D eigenvalue weighted by Gasteiger charge is -2.07. The van der Waals surface area contributed by atoms with Gasteiger partial charge >= 0.3 is 0 Å². The Morgan fingerprint density at radius 2 is 1.69 bits per heavy atom. The first-order valence-corrected chi connectivity index (χ1v) is 7.99. The molecule has 0 fully saturated rings. The van der Waals surface area contributed by atoms with Crippen molar-refractivity contribution in [3.8, 4) is 0 Å². The van der Waals surface area contributed by atoms with Crippen molar-refractivity contribution >= 4 is 23.1 Å². The Labute approximate surface area is 149 Å². The molecule has 5 nitrogen and oxygen atoms in total. The molecular formula is C19H16F2N4O. The van der Waals surface area contributed by atoms with Crippen LogP contribution in [0.5, 0.6) is 0 Å². The minimum atomic E-state index is -0.965. The number of hydrogen-bond donors (Lipinski definition) is 2. The van der Waals surface area contributed by atoms with Gasteiger partial charge in [-0.15, -0.1) is 0 Å². The summed E-state index contributed by atoms with van der Waals surface area (Å²) in [5.41, 5.74) is 2.31. The van der Waals surface area contributed by atoms with E-state index in [2.05, 4.69) is 27.5 Å². The van der Waals surface area contributed by atoms with E-state index in [-0.39, 0.29) is 11.6 Å². The molecule has 0 aliphatic heterocycles. The number of hydrogen-bond acceptors (Lipinski definition) is 4. The van der Waals surface area contributed by atoms with Crippen molar-refractivity contribution in [1.29, 1.82) is 0 Å². The van der Waals surface area contributed by atoms with E-state index in [0.29, 0.717) is 17.2 Å². The number of amides is 1. The Kier molecular flexibility index (Phi) is 5.17. The van der Waals surface area contributed by atoms with Gasteiger partial charge < -0.3 is 10.6 Å². The molecule has 0 saturated heterocycles. The predicted octanol–water partition coefficient (Wildman–Crippen LogP) is 4.31. The summed E-state index contributed by atoms with van der Waals surface area (Å²) in [5, 5.41) is 5.53. The van der Waals surface area contributed by atoms with Gasteiger partial charge in [-0.3, -0.25) is 4.79 Å². The normalized spacial score (nSPS) is 10.4. The van der Waals surface area contributed by atoms with Gasteiger partial charge in [0.1, 0.15) is 11.5 Å². The molecule has 0 radical (unpaired) electrons. The van der Waals surface area contributed by atoms with E-state index in [4.69, 9.17) is 0 Å². The summed E-state index contributed by atoms with van der Waals surface area (Å²) in [5.74, 6) is -1.98. The zero-order valence-corrected chi connectivity index (χ0v) is 14.0. The van der Waals surface area contributed by atoms with Crippen molar-refractivity contribution in [2.24, 2.45) is 0 Å². The molecule has 1 aromatic heterocycles. The molecule has 1 amide bonds. The number of aryl methyl sites for hydroxylation is 1. The van der Waals surface area contributed by atoms with Crippen LogP contribution >= 0.6 is 0 Å². The van der Waals surface area contributed by atoms with E-state index in [0.717, 1.165) is 18.6 Å². The standard InChI is InChI=1S/C19H16F2N4O/c1-2-12-3-5-13(6-4-12)25-19(26)17-10-23-18(11-22-17)24-14-7-8-15(20)16(21)9-14/h3-11H,2H2,1H3,(H,23,24)(H,25,26). The monoisotopic (exact) mass is 354 g/mol. The largest absolute Gasteiger partial charge is 0.339 e. The fourth-order valence-corrected chi connectivity index (χ4v) is 2.25. The van der Waals surface area contributed by atoms with Gasteiger partial charge in [0.05, 0.1) is 12.4 Å². The summed E-state index contributed by atoms with van der Waals surface area (Å²) in [6.45, 7) is 2.05. The molecule has 3 aromatic rings. The van der Waals surface area contributed by atoms with Gasteiger partial charge in [-0.25, -0.2) is 18.7 Å². The lowest BCUT2D eigenvalue weighted by molar-refractivity contribution is 0.102. The second-order valence-corrected chi connectivity index (χ2v) is 5.55. The summed E-state index contributed by atoms with van der Waals surface area (Å²) in [4.78, 5) is 20.3. The van der Waals surface area contributed by atoms with E-state index in [1.165, 1.54) is 24.0 Å². The van der Waals surface area contributed by atoms with Crippen molar-refractivity contribution in [3.63, 3.8) is 0 Å². The second-order valence-electron chi connectivity index (χ2n) is 5.55. The summed E-state index contributed by atoms with van der Waals surface area (Å²) in [6.07, 6.45) is 3.57. The maximum atomic E-state index is 13.2. The molecular weight excluding hydrogens is 338 g/mol. The lowest BCUT2D eigenvalue weighted by atomic mass is 10.1. The third-order valence-electron chi connectivity index (χ3n) is 3.70. The maximum Gasteiger partial charge on any atom is 0.275 e. The van der Waals surface area contributed by atoms with Crippen molar-refractivity contribution < 1.29 is 13.6 Å². The minimum absolute atomic E-state index is 0.139. The van der Waals surface area contributed by atoms with Crippen LogP contribution in [0.4, 0.5) is 26.0 Å². The highest BCUT2D eigenvalue weighted by Crippen LogP contribution is 2.17. The zero-order chi connectivity index (χ0) is 18.5. The van der Waals surface area contributed by atoms with Gasteiger partial charge in [-0.05, 0) is 36.2 Å². The third kappa shape index (κ3) is 4.18. The highest BCUT2D eigenvalue weighted by molar-refractivity contribution is 6.02. The van der Waals surface area contributed by atoms with Gasteiger partial charge in [-0.2, -0.15) is 0 Å². The minimum Gasteiger partial charge on any atom is -0.339 e.